The van der Waals surface area contributed by atoms with Crippen LogP contribution in [0.4, 0.5) is 0 Å². The quantitative estimate of drug-likeness (QED) is 0.771. The lowest BCUT2D eigenvalue weighted by Crippen LogP contribution is -2.28. The lowest BCUT2D eigenvalue weighted by Gasteiger charge is -2.22. The number of carbonyl (C=O) groups is 1. The Morgan fingerprint density at radius 2 is 1.79 bits per heavy atom. The van der Waals surface area contributed by atoms with E-state index in [1.165, 1.54) is 27.7 Å². The highest BCUT2D eigenvalue weighted by Gasteiger charge is 2.43. The van der Waals surface area contributed by atoms with Crippen molar-refractivity contribution in [3.63, 3.8) is 0 Å². The van der Waals surface area contributed by atoms with E-state index in [0.29, 0.717) is 11.8 Å². The van der Waals surface area contributed by atoms with E-state index in [1.807, 2.05) is 18.2 Å². The van der Waals surface area contributed by atoms with Gasteiger partial charge in [0.15, 0.2) is 0 Å². The van der Waals surface area contributed by atoms with Crippen molar-refractivity contribution in [3.8, 4) is 0 Å². The predicted molar refractivity (Wildman–Crippen MR) is 94.5 cm³/mol. The molecule has 1 amide bonds. The van der Waals surface area contributed by atoms with Crippen molar-refractivity contribution in [2.45, 2.75) is 19.4 Å². The van der Waals surface area contributed by atoms with Gasteiger partial charge in [0, 0.05) is 35.6 Å². The number of para-hydroxylation sites is 1. The Kier molecular flexibility index (Phi) is 3.02. The summed E-state index contributed by atoms with van der Waals surface area (Å²) in [6, 6.07) is 18.8. The summed E-state index contributed by atoms with van der Waals surface area (Å²) in [5, 5.41) is 1.29. The molecular weight excluding hydrogens is 296 g/mol. The molecule has 2 unspecified atom stereocenters. The van der Waals surface area contributed by atoms with Crippen molar-refractivity contribution in [1.82, 2.24) is 9.88 Å². The number of hydrogen-bond donors (Lipinski definition) is 1. The third kappa shape index (κ3) is 2.08. The molecule has 0 radical (unpaired) electrons. The van der Waals surface area contributed by atoms with Gasteiger partial charge in [0.25, 0.3) is 0 Å². The molecule has 3 heteroatoms. The van der Waals surface area contributed by atoms with Crippen LogP contribution >= 0.6 is 0 Å². The second kappa shape index (κ2) is 5.23. The molecule has 0 spiro atoms. The average molecular weight is 316 g/mol. The van der Waals surface area contributed by atoms with Gasteiger partial charge in [-0.25, -0.2) is 0 Å². The molecule has 1 fully saturated rings. The zero-order valence-electron chi connectivity index (χ0n) is 13.5. The summed E-state index contributed by atoms with van der Waals surface area (Å²) in [6.07, 6.45) is 1.87. The van der Waals surface area contributed by atoms with Gasteiger partial charge in [-0.05, 0) is 36.0 Å². The normalized spacial score (nSPS) is 22.7. The molecule has 24 heavy (non-hydrogen) atoms. The van der Waals surface area contributed by atoms with Crippen LogP contribution < -0.4 is 0 Å². The molecule has 1 saturated heterocycles. The van der Waals surface area contributed by atoms with Crippen LogP contribution in [0.3, 0.4) is 0 Å². The largest absolute Gasteiger partial charge is 0.358 e. The van der Waals surface area contributed by atoms with Crippen LogP contribution in [0.2, 0.25) is 0 Å². The molecule has 2 heterocycles. The highest BCUT2D eigenvalue weighted by atomic mass is 16.2. The first-order chi connectivity index (χ1) is 11.8. The number of likely N-dealkylation sites (tertiary alicyclic amines) is 1. The maximum atomic E-state index is 12.9. The molecule has 2 aliphatic rings. The van der Waals surface area contributed by atoms with E-state index in [-0.39, 0.29) is 5.92 Å². The maximum absolute atomic E-state index is 12.9. The van der Waals surface area contributed by atoms with Crippen LogP contribution in [-0.4, -0.2) is 22.3 Å². The van der Waals surface area contributed by atoms with Crippen molar-refractivity contribution >= 4 is 16.8 Å². The summed E-state index contributed by atoms with van der Waals surface area (Å²) in [4.78, 5) is 18.6. The summed E-state index contributed by atoms with van der Waals surface area (Å²) in [7, 11) is 0. The van der Waals surface area contributed by atoms with Crippen LogP contribution in [0.5, 0.6) is 0 Å². The van der Waals surface area contributed by atoms with Gasteiger partial charge in [0.2, 0.25) is 5.91 Å². The number of carbonyl (C=O) groups excluding carboxylic acids is 1. The van der Waals surface area contributed by atoms with Gasteiger partial charge in [0.1, 0.15) is 0 Å². The van der Waals surface area contributed by atoms with E-state index in [4.69, 9.17) is 0 Å². The third-order valence-corrected chi connectivity index (χ3v) is 5.66. The van der Waals surface area contributed by atoms with Crippen LogP contribution in [0.25, 0.3) is 10.9 Å². The molecule has 1 aliphatic carbocycles. The van der Waals surface area contributed by atoms with Crippen molar-refractivity contribution in [1.29, 1.82) is 0 Å². The topological polar surface area (TPSA) is 36.1 Å². The summed E-state index contributed by atoms with van der Waals surface area (Å²) in [5.41, 5.74) is 5.12. The van der Waals surface area contributed by atoms with E-state index in [0.717, 1.165) is 25.9 Å². The zero-order chi connectivity index (χ0) is 16.1. The van der Waals surface area contributed by atoms with Gasteiger partial charge in [-0.1, -0.05) is 48.5 Å². The van der Waals surface area contributed by atoms with Crippen LogP contribution in [-0.2, 0) is 24.2 Å². The van der Waals surface area contributed by atoms with E-state index in [1.54, 1.807) is 0 Å². The Labute approximate surface area is 141 Å². The van der Waals surface area contributed by atoms with Gasteiger partial charge in [0.05, 0.1) is 0 Å². The van der Waals surface area contributed by atoms with Crippen molar-refractivity contribution in [2.75, 3.05) is 6.54 Å². The first-order valence-electron chi connectivity index (χ1n) is 8.71. The number of nitrogens with one attached hydrogen (secondary N) is 1. The molecule has 1 N–H and O–H groups in total. The summed E-state index contributed by atoms with van der Waals surface area (Å²) in [5.74, 6) is 0.932. The number of rotatable bonds is 2. The summed E-state index contributed by atoms with van der Waals surface area (Å²) < 4.78 is 0. The number of amides is 1. The van der Waals surface area contributed by atoms with Gasteiger partial charge < -0.3 is 9.88 Å². The highest BCUT2D eigenvalue weighted by molar-refractivity contribution is 5.88. The van der Waals surface area contributed by atoms with E-state index < -0.39 is 0 Å². The lowest BCUT2D eigenvalue weighted by molar-refractivity contribution is -0.131. The van der Waals surface area contributed by atoms with Gasteiger partial charge in [-0.3, -0.25) is 4.79 Å². The fourth-order valence-corrected chi connectivity index (χ4v) is 4.49. The van der Waals surface area contributed by atoms with Crippen molar-refractivity contribution in [3.05, 3.63) is 71.4 Å². The predicted octanol–water partition coefficient (Wildman–Crippen LogP) is 3.54. The minimum Gasteiger partial charge on any atom is -0.358 e. The van der Waals surface area contributed by atoms with Gasteiger partial charge in [-0.2, -0.15) is 0 Å². The Balaban J connectivity index is 1.43. The highest BCUT2D eigenvalue weighted by Crippen LogP contribution is 2.39. The molecular formula is C21H20N2O. The van der Waals surface area contributed by atoms with E-state index in [2.05, 4.69) is 46.3 Å². The smallest absolute Gasteiger partial charge is 0.226 e. The molecule has 1 aromatic heterocycles. The van der Waals surface area contributed by atoms with Crippen LogP contribution in [0.15, 0.2) is 54.6 Å². The molecule has 2 atom stereocenters. The summed E-state index contributed by atoms with van der Waals surface area (Å²) in [6.45, 7) is 1.62. The molecule has 2 aromatic carbocycles. The molecule has 3 aromatic rings. The fourth-order valence-electron chi connectivity index (χ4n) is 4.49. The first kappa shape index (κ1) is 13.8. The third-order valence-electron chi connectivity index (χ3n) is 5.66. The number of benzene rings is 2. The number of aromatic amines is 1. The number of hydrogen-bond acceptors (Lipinski definition) is 1. The standard InChI is InChI=1S/C21H20N2O/c24-21-17-11-18-16-8-4-5-9-19(16)22-20(18)10-15(17)13-23(21)12-14-6-2-1-3-7-14/h1-9,15,17,22H,10-13H2. The number of fused-ring (bicyclic) bond motifs is 4. The molecule has 0 saturated carbocycles. The molecule has 120 valence electrons. The van der Waals surface area contributed by atoms with Crippen LogP contribution in [0.1, 0.15) is 16.8 Å². The number of nitrogens with zero attached hydrogens (tertiary/aromatic N) is 1. The average Bonchev–Trinajstić information content (AvgIpc) is 3.12. The molecule has 1 aliphatic heterocycles. The second-order valence-corrected chi connectivity index (χ2v) is 7.11. The van der Waals surface area contributed by atoms with E-state index >= 15 is 0 Å². The number of aromatic nitrogens is 1. The summed E-state index contributed by atoms with van der Waals surface area (Å²) >= 11 is 0. The van der Waals surface area contributed by atoms with Gasteiger partial charge in [-0.15, -0.1) is 0 Å². The molecule has 3 nitrogen and oxygen atoms in total. The maximum Gasteiger partial charge on any atom is 0.226 e. The Morgan fingerprint density at radius 3 is 2.67 bits per heavy atom. The van der Waals surface area contributed by atoms with Crippen LogP contribution in [0, 0.1) is 11.8 Å². The van der Waals surface area contributed by atoms with Crippen molar-refractivity contribution < 1.29 is 4.79 Å². The molecule has 5 rings (SSSR count). The Morgan fingerprint density at radius 1 is 1.00 bits per heavy atom. The fraction of sp³-hybridized carbons (Fsp3) is 0.286. The minimum atomic E-state index is 0.153. The Bertz CT molecular complexity index is 912. The second-order valence-electron chi connectivity index (χ2n) is 7.11. The first-order valence-corrected chi connectivity index (χ1v) is 8.71. The Hall–Kier alpha value is -2.55. The zero-order valence-corrected chi connectivity index (χ0v) is 13.5. The lowest BCUT2D eigenvalue weighted by atomic mass is 9.80. The van der Waals surface area contributed by atoms with Crippen molar-refractivity contribution in [2.24, 2.45) is 11.8 Å². The molecule has 0 bridgehead atoms. The van der Waals surface area contributed by atoms with E-state index in [9.17, 15) is 4.79 Å². The monoisotopic (exact) mass is 316 g/mol. The van der Waals surface area contributed by atoms with Gasteiger partial charge >= 0.3 is 0 Å². The SMILES string of the molecule is O=C1C2Cc3c([nH]c4ccccc34)CC2CN1Cc1ccccc1. The number of H-pyrrole nitrogens is 1. The minimum absolute atomic E-state index is 0.153.